The van der Waals surface area contributed by atoms with E-state index < -0.39 is 5.60 Å². The third-order valence-electron chi connectivity index (χ3n) is 13.8. The molecule has 6 nitrogen and oxygen atoms in total. The third kappa shape index (κ3) is 4.31. The minimum absolute atomic E-state index is 0.0186. The summed E-state index contributed by atoms with van der Waals surface area (Å²) < 4.78 is 19.0. The Morgan fingerprint density at radius 3 is 2.00 bits per heavy atom. The van der Waals surface area contributed by atoms with Gasteiger partial charge in [0.2, 0.25) is 0 Å². The average Bonchev–Trinajstić information content (AvgIpc) is 3.39. The summed E-state index contributed by atoms with van der Waals surface area (Å²) in [5.74, 6) is 1.00. The smallest absolute Gasteiger partial charge is 0.302 e. The third-order valence-corrected chi connectivity index (χ3v) is 13.8. The molecule has 1 N–H and O–H groups in total. The maximum absolute atomic E-state index is 12.6. The van der Waals surface area contributed by atoms with Crippen LogP contribution in [0, 0.1) is 45.3 Å². The van der Waals surface area contributed by atoms with Gasteiger partial charge < -0.3 is 19.3 Å². The van der Waals surface area contributed by atoms with Crippen LogP contribution in [0.2, 0.25) is 0 Å². The van der Waals surface area contributed by atoms with Crippen molar-refractivity contribution in [1.82, 2.24) is 0 Å². The molecule has 6 heteroatoms. The lowest BCUT2D eigenvalue weighted by Crippen LogP contribution is -2.67. The molecule has 5 fully saturated rings. The normalized spacial score (nSPS) is 49.9. The quantitative estimate of drug-likeness (QED) is 0.379. The highest BCUT2D eigenvalue weighted by atomic mass is 16.6. The molecular weight excluding hydrogens is 504 g/mol. The van der Waals surface area contributed by atoms with Gasteiger partial charge in [-0.1, -0.05) is 34.6 Å². The van der Waals surface area contributed by atoms with Crippen molar-refractivity contribution in [3.05, 3.63) is 0 Å². The molecule has 1 aliphatic heterocycles. The lowest BCUT2D eigenvalue weighted by Gasteiger charge is -2.70. The van der Waals surface area contributed by atoms with Gasteiger partial charge in [-0.25, -0.2) is 0 Å². The van der Waals surface area contributed by atoms with E-state index in [1.807, 2.05) is 13.8 Å². The zero-order valence-corrected chi connectivity index (χ0v) is 26.9. The fourth-order valence-corrected chi connectivity index (χ4v) is 11.8. The monoisotopic (exact) mass is 560 g/mol. The molecule has 1 saturated heterocycles. The number of fused-ring (bicyclic) bond motifs is 5. The van der Waals surface area contributed by atoms with Crippen LogP contribution < -0.4 is 0 Å². The number of hydrogen-bond donors (Lipinski definition) is 1. The first-order valence-electron chi connectivity index (χ1n) is 16.0. The van der Waals surface area contributed by atoms with Gasteiger partial charge in [0.25, 0.3) is 0 Å². The van der Waals surface area contributed by atoms with Crippen LogP contribution in [-0.2, 0) is 23.8 Å². The molecule has 4 aliphatic carbocycles. The Morgan fingerprint density at radius 1 is 0.800 bits per heavy atom. The van der Waals surface area contributed by atoms with Gasteiger partial charge >= 0.3 is 11.9 Å². The van der Waals surface area contributed by atoms with Crippen LogP contribution in [0.5, 0.6) is 0 Å². The first-order chi connectivity index (χ1) is 18.3. The Kier molecular flexibility index (Phi) is 7.15. The molecule has 0 aromatic carbocycles. The van der Waals surface area contributed by atoms with Crippen LogP contribution in [0.15, 0.2) is 0 Å². The van der Waals surface area contributed by atoms with Crippen molar-refractivity contribution in [2.45, 2.75) is 157 Å². The Balaban J connectivity index is 1.52. The SMILES string of the molecule is CC(=O)O[C@@H]1C[C@@H]2[C@@]3(C)CC[C@@H](OC(C)=O)C(C)(C)[C@@H]3CC[C@@]2(C)[C@]2(C)CC[C@H]([C@@]3(C)CC[C@@H](C(C)(C)O)O3)[C@H]12. The van der Waals surface area contributed by atoms with Crippen LogP contribution in [-0.4, -0.2) is 46.6 Å². The highest BCUT2D eigenvalue weighted by molar-refractivity contribution is 5.66. The van der Waals surface area contributed by atoms with Gasteiger partial charge in [0.05, 0.1) is 17.3 Å². The molecule has 0 aromatic rings. The largest absolute Gasteiger partial charge is 0.462 e. The van der Waals surface area contributed by atoms with Gasteiger partial charge in [0, 0.05) is 25.2 Å². The summed E-state index contributed by atoms with van der Waals surface area (Å²) in [6.45, 7) is 21.2. The van der Waals surface area contributed by atoms with Crippen molar-refractivity contribution in [3.8, 4) is 0 Å². The number of carbonyl (C=O) groups is 2. The maximum Gasteiger partial charge on any atom is 0.302 e. The van der Waals surface area contributed by atoms with Crippen molar-refractivity contribution >= 4 is 11.9 Å². The molecule has 0 spiro atoms. The van der Waals surface area contributed by atoms with E-state index in [0.29, 0.717) is 11.8 Å². The zero-order chi connectivity index (χ0) is 29.7. The van der Waals surface area contributed by atoms with Gasteiger partial charge in [-0.05, 0) is 113 Å². The van der Waals surface area contributed by atoms with Crippen molar-refractivity contribution in [3.63, 3.8) is 0 Å². The van der Waals surface area contributed by atoms with Gasteiger partial charge in [-0.15, -0.1) is 0 Å². The molecule has 0 bridgehead atoms. The van der Waals surface area contributed by atoms with Gasteiger partial charge in [-0.3, -0.25) is 9.59 Å². The number of ether oxygens (including phenoxy) is 3. The molecule has 0 unspecified atom stereocenters. The molecule has 11 atom stereocenters. The van der Waals surface area contributed by atoms with E-state index in [9.17, 15) is 14.7 Å². The summed E-state index contributed by atoms with van der Waals surface area (Å²) in [4.78, 5) is 24.6. The molecule has 1 heterocycles. The van der Waals surface area contributed by atoms with E-state index in [-0.39, 0.29) is 69.3 Å². The molecule has 4 saturated carbocycles. The fourth-order valence-electron chi connectivity index (χ4n) is 11.8. The second-order valence-corrected chi connectivity index (χ2v) is 16.6. The maximum atomic E-state index is 12.6. The number of esters is 2. The lowest BCUT2D eigenvalue weighted by molar-refractivity contribution is -0.254. The molecule has 228 valence electrons. The van der Waals surface area contributed by atoms with E-state index in [1.54, 1.807) is 6.92 Å². The Labute approximate surface area is 242 Å². The van der Waals surface area contributed by atoms with Crippen LogP contribution >= 0.6 is 0 Å². The van der Waals surface area contributed by atoms with Gasteiger partial charge in [0.1, 0.15) is 12.2 Å². The van der Waals surface area contributed by atoms with Gasteiger partial charge in [-0.2, -0.15) is 0 Å². The standard InChI is InChI=1S/C34H56O6/c1-20(35)38-23-19-25-31(7)15-13-26(39-21(2)36)29(3,4)24(31)12-17-32(25,8)33(9)16-11-22(28(23)33)34(10)18-14-27(40-34)30(5,6)37/h22-28,37H,11-19H2,1-10H3/t22-,23+,24-,25+,26+,27-,28+,31-,32+,33+,34+/m0/s1. The van der Waals surface area contributed by atoms with Crippen LogP contribution in [0.3, 0.4) is 0 Å². The molecule has 0 radical (unpaired) electrons. The lowest BCUT2D eigenvalue weighted by atomic mass is 9.35. The van der Waals surface area contributed by atoms with Crippen molar-refractivity contribution in [1.29, 1.82) is 0 Å². The number of aliphatic hydroxyl groups is 1. The van der Waals surface area contributed by atoms with Crippen molar-refractivity contribution in [2.24, 2.45) is 45.3 Å². The summed E-state index contributed by atoms with van der Waals surface area (Å²) >= 11 is 0. The molecule has 0 aromatic heterocycles. The van der Waals surface area contributed by atoms with Crippen molar-refractivity contribution < 1.29 is 28.9 Å². The highest BCUT2D eigenvalue weighted by Gasteiger charge is 2.72. The summed E-state index contributed by atoms with van der Waals surface area (Å²) in [5.41, 5.74) is -1.10. The van der Waals surface area contributed by atoms with Gasteiger partial charge in [0.15, 0.2) is 0 Å². The van der Waals surface area contributed by atoms with E-state index in [0.717, 1.165) is 57.8 Å². The van der Waals surface area contributed by atoms with Crippen LogP contribution in [0.1, 0.15) is 127 Å². The predicted octanol–water partition coefficient (Wildman–Crippen LogP) is 6.85. The molecule has 0 amide bonds. The second-order valence-electron chi connectivity index (χ2n) is 16.6. The number of hydrogen-bond acceptors (Lipinski definition) is 6. The van der Waals surface area contributed by atoms with E-state index in [2.05, 4.69) is 41.5 Å². The van der Waals surface area contributed by atoms with Crippen LogP contribution in [0.25, 0.3) is 0 Å². The predicted molar refractivity (Wildman–Crippen MR) is 154 cm³/mol. The van der Waals surface area contributed by atoms with Crippen molar-refractivity contribution in [2.75, 3.05) is 0 Å². The molecule has 5 rings (SSSR count). The first kappa shape index (κ1) is 30.3. The minimum atomic E-state index is -0.872. The van der Waals surface area contributed by atoms with E-state index >= 15 is 0 Å². The second kappa shape index (κ2) is 9.43. The molecular formula is C34H56O6. The summed E-state index contributed by atoms with van der Waals surface area (Å²) in [6, 6.07) is 0. The minimum Gasteiger partial charge on any atom is -0.462 e. The van der Waals surface area contributed by atoms with E-state index in [1.165, 1.54) is 6.92 Å². The Hall–Kier alpha value is -1.14. The zero-order valence-electron chi connectivity index (χ0n) is 26.9. The number of carbonyl (C=O) groups excluding carboxylic acids is 2. The van der Waals surface area contributed by atoms with Crippen LogP contribution in [0.4, 0.5) is 0 Å². The topological polar surface area (TPSA) is 82.1 Å². The fraction of sp³-hybridized carbons (Fsp3) is 0.941. The average molecular weight is 561 g/mol. The Morgan fingerprint density at radius 2 is 1.43 bits per heavy atom. The molecule has 5 aliphatic rings. The summed E-state index contributed by atoms with van der Waals surface area (Å²) in [6.07, 6.45) is 8.68. The first-order valence-corrected chi connectivity index (χ1v) is 16.0. The number of rotatable bonds is 4. The summed E-state index contributed by atoms with van der Waals surface area (Å²) in [7, 11) is 0. The summed E-state index contributed by atoms with van der Waals surface area (Å²) in [5, 5.41) is 10.8. The Bertz CT molecular complexity index is 1030. The van der Waals surface area contributed by atoms with E-state index in [4.69, 9.17) is 14.2 Å². The highest BCUT2D eigenvalue weighted by Crippen LogP contribution is 2.76. The molecule has 40 heavy (non-hydrogen) atoms.